The van der Waals surface area contributed by atoms with Gasteiger partial charge in [0.05, 0.1) is 0 Å². The van der Waals surface area contributed by atoms with Gasteiger partial charge in [-0.3, -0.25) is 0 Å². The van der Waals surface area contributed by atoms with Crippen molar-refractivity contribution >= 4 is 5.97 Å². The normalized spacial score (nSPS) is 13.2. The van der Waals surface area contributed by atoms with Crippen LogP contribution >= 0.6 is 0 Å². The third-order valence-corrected chi connectivity index (χ3v) is 1.77. The van der Waals surface area contributed by atoms with Crippen LogP contribution in [0.3, 0.4) is 0 Å². The molecule has 2 nitrogen and oxygen atoms in total. The minimum absolute atomic E-state index is 0.0626. The number of carbonyl (C=O) groups excluding carboxylic acids is 1. The van der Waals surface area contributed by atoms with Crippen molar-refractivity contribution < 1.29 is 9.53 Å². The highest BCUT2D eigenvalue weighted by atomic mass is 16.5. The lowest BCUT2D eigenvalue weighted by Crippen LogP contribution is -2.30. The maximum Gasteiger partial charge on any atom is 0.330 e. The Labute approximate surface area is 80.3 Å². The molecule has 0 saturated carbocycles. The van der Waals surface area contributed by atoms with E-state index < -0.39 is 0 Å². The zero-order chi connectivity index (χ0) is 10.5. The summed E-state index contributed by atoms with van der Waals surface area (Å²) >= 11 is 0. The summed E-state index contributed by atoms with van der Waals surface area (Å²) in [5.41, 5.74) is -0.0626. The van der Waals surface area contributed by atoms with Crippen molar-refractivity contribution in [3.63, 3.8) is 0 Å². The van der Waals surface area contributed by atoms with Gasteiger partial charge in [-0.05, 0) is 5.41 Å². The molecule has 13 heavy (non-hydrogen) atoms. The van der Waals surface area contributed by atoms with E-state index in [0.717, 1.165) is 0 Å². The molecule has 0 bridgehead atoms. The molecule has 0 rings (SSSR count). The Kier molecular flexibility index (Phi) is 4.46. The molecule has 74 valence electrons. The average molecular weight is 182 g/mol. The number of rotatable bonds is 4. The van der Waals surface area contributed by atoms with Crippen LogP contribution in [0.15, 0.2) is 25.3 Å². The largest absolute Gasteiger partial charge is 0.458 e. The topological polar surface area (TPSA) is 26.3 Å². The van der Waals surface area contributed by atoms with Gasteiger partial charge in [0.25, 0.3) is 0 Å². The van der Waals surface area contributed by atoms with Crippen LogP contribution in [0.2, 0.25) is 0 Å². The highest BCUT2D eigenvalue weighted by Crippen LogP contribution is 2.25. The summed E-state index contributed by atoms with van der Waals surface area (Å²) in [7, 11) is 0. The molecular formula is C11H18O2. The van der Waals surface area contributed by atoms with E-state index in [1.165, 1.54) is 6.08 Å². The van der Waals surface area contributed by atoms with E-state index in [0.29, 0.717) is 6.42 Å². The summed E-state index contributed by atoms with van der Waals surface area (Å²) in [6.07, 6.45) is 3.48. The van der Waals surface area contributed by atoms with E-state index in [1.807, 2.05) is 20.8 Å². The van der Waals surface area contributed by atoms with Gasteiger partial charge < -0.3 is 4.74 Å². The second-order valence-electron chi connectivity index (χ2n) is 4.02. The molecule has 0 radical (unpaired) electrons. The minimum atomic E-state index is -0.373. The first kappa shape index (κ1) is 11.9. The predicted octanol–water partition coefficient (Wildman–Crippen LogP) is 2.71. The summed E-state index contributed by atoms with van der Waals surface area (Å²) in [6.45, 7) is 13.1. The van der Waals surface area contributed by atoms with Crippen molar-refractivity contribution in [1.82, 2.24) is 0 Å². The van der Waals surface area contributed by atoms with Crippen molar-refractivity contribution in [2.24, 2.45) is 5.41 Å². The molecule has 0 aromatic heterocycles. The van der Waals surface area contributed by atoms with E-state index in [4.69, 9.17) is 4.74 Å². The third-order valence-electron chi connectivity index (χ3n) is 1.77. The molecule has 0 N–H and O–H groups in total. The first-order chi connectivity index (χ1) is 5.91. The van der Waals surface area contributed by atoms with Crippen molar-refractivity contribution in [2.75, 3.05) is 0 Å². The first-order valence-corrected chi connectivity index (χ1v) is 4.35. The summed E-state index contributed by atoms with van der Waals surface area (Å²) in [5.74, 6) is -0.373. The Morgan fingerprint density at radius 1 is 1.46 bits per heavy atom. The molecule has 0 aromatic carbocycles. The smallest absolute Gasteiger partial charge is 0.330 e. The summed E-state index contributed by atoms with van der Waals surface area (Å²) in [5, 5.41) is 0. The zero-order valence-corrected chi connectivity index (χ0v) is 8.67. The van der Waals surface area contributed by atoms with E-state index in [2.05, 4.69) is 13.2 Å². The highest BCUT2D eigenvalue weighted by molar-refractivity contribution is 5.81. The number of hydrogen-bond donors (Lipinski definition) is 0. The monoisotopic (exact) mass is 182 g/mol. The standard InChI is InChI=1S/C11H18O2/c1-6-8-9(11(3,4)5)13-10(12)7-2/h6-7,9H,1-2,8H2,3-5H3/t9-/m1/s1. The maximum atomic E-state index is 11.0. The van der Waals surface area contributed by atoms with Crippen LogP contribution in [0, 0.1) is 5.41 Å². The molecule has 0 fully saturated rings. The second kappa shape index (κ2) is 4.85. The highest BCUT2D eigenvalue weighted by Gasteiger charge is 2.26. The third kappa shape index (κ3) is 4.51. The molecule has 2 heteroatoms. The van der Waals surface area contributed by atoms with Crippen LogP contribution in [0.25, 0.3) is 0 Å². The van der Waals surface area contributed by atoms with Gasteiger partial charge in [-0.25, -0.2) is 4.79 Å². The average Bonchev–Trinajstić information content (AvgIpc) is 2.01. The van der Waals surface area contributed by atoms with Gasteiger partial charge in [0, 0.05) is 12.5 Å². The number of carbonyl (C=O) groups is 1. The van der Waals surface area contributed by atoms with Gasteiger partial charge in [0.1, 0.15) is 6.10 Å². The molecule has 0 amide bonds. The number of hydrogen-bond acceptors (Lipinski definition) is 2. The minimum Gasteiger partial charge on any atom is -0.458 e. The lowest BCUT2D eigenvalue weighted by molar-refractivity contribution is -0.148. The van der Waals surface area contributed by atoms with Crippen LogP contribution in [-0.2, 0) is 9.53 Å². The Hall–Kier alpha value is -1.05. The van der Waals surface area contributed by atoms with E-state index in [-0.39, 0.29) is 17.5 Å². The first-order valence-electron chi connectivity index (χ1n) is 4.35. The van der Waals surface area contributed by atoms with Crippen LogP contribution in [0.5, 0.6) is 0 Å². The molecule has 0 heterocycles. The Balaban J connectivity index is 4.34. The van der Waals surface area contributed by atoms with E-state index >= 15 is 0 Å². The lowest BCUT2D eigenvalue weighted by atomic mass is 9.87. The zero-order valence-electron chi connectivity index (χ0n) is 8.67. The van der Waals surface area contributed by atoms with Crippen molar-refractivity contribution in [1.29, 1.82) is 0 Å². The van der Waals surface area contributed by atoms with Crippen molar-refractivity contribution in [3.8, 4) is 0 Å². The van der Waals surface area contributed by atoms with Gasteiger partial charge in [-0.1, -0.05) is 33.4 Å². The quantitative estimate of drug-likeness (QED) is 0.379. The van der Waals surface area contributed by atoms with Crippen LogP contribution in [-0.4, -0.2) is 12.1 Å². The van der Waals surface area contributed by atoms with E-state index in [9.17, 15) is 4.79 Å². The maximum absolute atomic E-state index is 11.0. The molecule has 0 aliphatic carbocycles. The van der Waals surface area contributed by atoms with Crippen molar-refractivity contribution in [2.45, 2.75) is 33.3 Å². The Morgan fingerprint density at radius 3 is 2.31 bits per heavy atom. The molecule has 1 atom stereocenters. The van der Waals surface area contributed by atoms with E-state index in [1.54, 1.807) is 6.08 Å². The second-order valence-corrected chi connectivity index (χ2v) is 4.02. The van der Waals surface area contributed by atoms with Crippen LogP contribution < -0.4 is 0 Å². The fourth-order valence-corrected chi connectivity index (χ4v) is 0.918. The predicted molar refractivity (Wildman–Crippen MR) is 54.3 cm³/mol. The van der Waals surface area contributed by atoms with Crippen LogP contribution in [0.1, 0.15) is 27.2 Å². The Morgan fingerprint density at radius 2 is 2.00 bits per heavy atom. The molecular weight excluding hydrogens is 164 g/mol. The number of esters is 1. The van der Waals surface area contributed by atoms with Crippen LogP contribution in [0.4, 0.5) is 0 Å². The molecule has 0 saturated heterocycles. The molecule has 0 aromatic rings. The lowest BCUT2D eigenvalue weighted by Gasteiger charge is -2.28. The van der Waals surface area contributed by atoms with Gasteiger partial charge in [-0.2, -0.15) is 0 Å². The fourth-order valence-electron chi connectivity index (χ4n) is 0.918. The van der Waals surface area contributed by atoms with Gasteiger partial charge in [0.2, 0.25) is 0 Å². The summed E-state index contributed by atoms with van der Waals surface area (Å²) in [4.78, 5) is 11.0. The molecule has 0 aliphatic heterocycles. The fraction of sp³-hybridized carbons (Fsp3) is 0.545. The van der Waals surface area contributed by atoms with Gasteiger partial charge >= 0.3 is 5.97 Å². The molecule has 0 unspecified atom stereocenters. The van der Waals surface area contributed by atoms with Crippen molar-refractivity contribution in [3.05, 3.63) is 25.3 Å². The SMILES string of the molecule is C=CC[C@@H](OC(=O)C=C)C(C)(C)C. The molecule has 0 spiro atoms. The summed E-state index contributed by atoms with van der Waals surface area (Å²) < 4.78 is 5.18. The van der Waals surface area contributed by atoms with Gasteiger partial charge in [-0.15, -0.1) is 6.58 Å². The van der Waals surface area contributed by atoms with Gasteiger partial charge in [0.15, 0.2) is 0 Å². The Bertz CT molecular complexity index is 199. The summed E-state index contributed by atoms with van der Waals surface area (Å²) in [6, 6.07) is 0. The molecule has 0 aliphatic rings. The number of ether oxygens (including phenoxy) is 1.